The highest BCUT2D eigenvalue weighted by Crippen LogP contribution is 2.12. The first-order valence-electron chi connectivity index (χ1n) is 5.99. The molecule has 0 radical (unpaired) electrons. The fraction of sp³-hybridized carbons (Fsp3) is 1.00. The standard InChI is InChI=1S/C12H26O2/c1-3-12(2)8-6-4-5-7-10-14-11-9-13/h12-13H,3-11H2,1-2H3. The van der Waals surface area contributed by atoms with Gasteiger partial charge in [0, 0.05) is 6.61 Å². The summed E-state index contributed by atoms with van der Waals surface area (Å²) < 4.78 is 5.18. The SMILES string of the molecule is CCC(C)CCCCCCOCCO. The van der Waals surface area contributed by atoms with Crippen LogP contribution in [-0.2, 0) is 4.74 Å². The molecule has 0 heterocycles. The molecule has 0 fully saturated rings. The van der Waals surface area contributed by atoms with Crippen LogP contribution in [0, 0.1) is 5.92 Å². The minimum atomic E-state index is 0.147. The van der Waals surface area contributed by atoms with Crippen molar-refractivity contribution in [2.45, 2.75) is 52.4 Å². The Morgan fingerprint density at radius 2 is 1.79 bits per heavy atom. The van der Waals surface area contributed by atoms with Crippen molar-refractivity contribution in [3.8, 4) is 0 Å². The molecule has 0 aliphatic rings. The third-order valence-corrected chi connectivity index (χ3v) is 2.67. The highest BCUT2D eigenvalue weighted by molar-refractivity contribution is 4.51. The van der Waals surface area contributed by atoms with E-state index in [4.69, 9.17) is 9.84 Å². The second-order valence-corrected chi connectivity index (χ2v) is 4.05. The van der Waals surface area contributed by atoms with Crippen molar-refractivity contribution in [3.63, 3.8) is 0 Å². The number of hydrogen-bond acceptors (Lipinski definition) is 2. The maximum absolute atomic E-state index is 8.47. The molecule has 0 bridgehead atoms. The lowest BCUT2D eigenvalue weighted by atomic mass is 10.0. The van der Waals surface area contributed by atoms with Crippen LogP contribution in [0.25, 0.3) is 0 Å². The van der Waals surface area contributed by atoms with Gasteiger partial charge in [0.05, 0.1) is 13.2 Å². The molecule has 0 spiro atoms. The molecule has 1 unspecified atom stereocenters. The molecule has 14 heavy (non-hydrogen) atoms. The maximum Gasteiger partial charge on any atom is 0.0697 e. The van der Waals surface area contributed by atoms with E-state index in [-0.39, 0.29) is 6.61 Å². The Kier molecular flexibility index (Phi) is 10.9. The average molecular weight is 202 g/mol. The zero-order valence-corrected chi connectivity index (χ0v) is 9.80. The molecule has 0 saturated heterocycles. The largest absolute Gasteiger partial charge is 0.394 e. The first-order chi connectivity index (χ1) is 6.81. The first-order valence-corrected chi connectivity index (χ1v) is 5.99. The van der Waals surface area contributed by atoms with Crippen molar-refractivity contribution < 1.29 is 9.84 Å². The van der Waals surface area contributed by atoms with Crippen LogP contribution in [0.2, 0.25) is 0 Å². The number of aliphatic hydroxyl groups is 1. The van der Waals surface area contributed by atoms with Crippen LogP contribution in [0.15, 0.2) is 0 Å². The molecule has 0 amide bonds. The maximum atomic E-state index is 8.47. The highest BCUT2D eigenvalue weighted by Gasteiger charge is 1.97. The minimum absolute atomic E-state index is 0.147. The summed E-state index contributed by atoms with van der Waals surface area (Å²) in [5.74, 6) is 0.889. The molecule has 0 aliphatic carbocycles. The van der Waals surface area contributed by atoms with E-state index in [1.165, 1.54) is 32.1 Å². The van der Waals surface area contributed by atoms with Crippen LogP contribution in [0.5, 0.6) is 0 Å². The molecule has 0 aliphatic heterocycles. The topological polar surface area (TPSA) is 29.5 Å². The summed E-state index contributed by atoms with van der Waals surface area (Å²) in [5.41, 5.74) is 0. The number of rotatable bonds is 10. The fourth-order valence-corrected chi connectivity index (χ4v) is 1.42. The van der Waals surface area contributed by atoms with E-state index in [0.29, 0.717) is 6.61 Å². The summed E-state index contributed by atoms with van der Waals surface area (Å²) in [5, 5.41) is 8.47. The lowest BCUT2D eigenvalue weighted by Gasteiger charge is -2.07. The van der Waals surface area contributed by atoms with Gasteiger partial charge in [-0.05, 0) is 12.3 Å². The smallest absolute Gasteiger partial charge is 0.0697 e. The van der Waals surface area contributed by atoms with Crippen molar-refractivity contribution in [2.75, 3.05) is 19.8 Å². The van der Waals surface area contributed by atoms with Gasteiger partial charge < -0.3 is 9.84 Å². The van der Waals surface area contributed by atoms with Crippen molar-refractivity contribution in [3.05, 3.63) is 0 Å². The molecule has 86 valence electrons. The van der Waals surface area contributed by atoms with Gasteiger partial charge in [-0.2, -0.15) is 0 Å². The zero-order chi connectivity index (χ0) is 10.6. The molecule has 0 saturated carbocycles. The van der Waals surface area contributed by atoms with Crippen molar-refractivity contribution >= 4 is 0 Å². The molecule has 1 atom stereocenters. The summed E-state index contributed by atoms with van der Waals surface area (Å²) in [7, 11) is 0. The van der Waals surface area contributed by atoms with Crippen LogP contribution in [0.1, 0.15) is 52.4 Å². The van der Waals surface area contributed by atoms with Crippen LogP contribution < -0.4 is 0 Å². The molecule has 2 nitrogen and oxygen atoms in total. The van der Waals surface area contributed by atoms with Gasteiger partial charge in [0.25, 0.3) is 0 Å². The lowest BCUT2D eigenvalue weighted by Crippen LogP contribution is -2.00. The Morgan fingerprint density at radius 3 is 2.43 bits per heavy atom. The second kappa shape index (κ2) is 11.0. The van der Waals surface area contributed by atoms with Gasteiger partial charge in [0.2, 0.25) is 0 Å². The fourth-order valence-electron chi connectivity index (χ4n) is 1.42. The Balaban J connectivity index is 2.92. The zero-order valence-electron chi connectivity index (χ0n) is 9.80. The van der Waals surface area contributed by atoms with Crippen LogP contribution in [-0.4, -0.2) is 24.9 Å². The van der Waals surface area contributed by atoms with Gasteiger partial charge in [0.1, 0.15) is 0 Å². The molecule has 0 rings (SSSR count). The number of hydrogen-bond donors (Lipinski definition) is 1. The summed E-state index contributed by atoms with van der Waals surface area (Å²) in [6.45, 7) is 6.03. The number of aliphatic hydroxyl groups excluding tert-OH is 1. The van der Waals surface area contributed by atoms with Gasteiger partial charge >= 0.3 is 0 Å². The van der Waals surface area contributed by atoms with Gasteiger partial charge in [-0.25, -0.2) is 0 Å². The third kappa shape index (κ3) is 10.0. The molecular weight excluding hydrogens is 176 g/mol. The average Bonchev–Trinajstić information content (AvgIpc) is 2.21. The normalized spacial score (nSPS) is 13.1. The Morgan fingerprint density at radius 1 is 1.07 bits per heavy atom. The monoisotopic (exact) mass is 202 g/mol. The van der Waals surface area contributed by atoms with Gasteiger partial charge in [-0.1, -0.05) is 46.0 Å². The first kappa shape index (κ1) is 13.9. The number of ether oxygens (including phenoxy) is 1. The quantitative estimate of drug-likeness (QED) is 0.552. The van der Waals surface area contributed by atoms with Crippen molar-refractivity contribution in [1.29, 1.82) is 0 Å². The summed E-state index contributed by atoms with van der Waals surface area (Å²) in [6, 6.07) is 0. The summed E-state index contributed by atoms with van der Waals surface area (Å²) >= 11 is 0. The van der Waals surface area contributed by atoms with E-state index >= 15 is 0 Å². The van der Waals surface area contributed by atoms with Gasteiger partial charge in [-0.3, -0.25) is 0 Å². The lowest BCUT2D eigenvalue weighted by molar-refractivity contribution is 0.0895. The van der Waals surface area contributed by atoms with Crippen LogP contribution >= 0.6 is 0 Å². The van der Waals surface area contributed by atoms with E-state index in [1.54, 1.807) is 0 Å². The van der Waals surface area contributed by atoms with Crippen molar-refractivity contribution in [2.24, 2.45) is 5.92 Å². The van der Waals surface area contributed by atoms with E-state index in [2.05, 4.69) is 13.8 Å². The van der Waals surface area contributed by atoms with Crippen molar-refractivity contribution in [1.82, 2.24) is 0 Å². The van der Waals surface area contributed by atoms with E-state index in [9.17, 15) is 0 Å². The van der Waals surface area contributed by atoms with Crippen LogP contribution in [0.3, 0.4) is 0 Å². The number of unbranched alkanes of at least 4 members (excludes halogenated alkanes) is 3. The summed E-state index contributed by atoms with van der Waals surface area (Å²) in [6.07, 6.45) is 7.76. The molecule has 0 aromatic carbocycles. The predicted octanol–water partition coefficient (Wildman–Crippen LogP) is 2.99. The van der Waals surface area contributed by atoms with E-state index < -0.39 is 0 Å². The Labute approximate surface area is 88.7 Å². The highest BCUT2D eigenvalue weighted by atomic mass is 16.5. The summed E-state index contributed by atoms with van der Waals surface area (Å²) in [4.78, 5) is 0. The Bertz CT molecular complexity index is 104. The third-order valence-electron chi connectivity index (χ3n) is 2.67. The Hall–Kier alpha value is -0.0800. The van der Waals surface area contributed by atoms with Gasteiger partial charge in [0.15, 0.2) is 0 Å². The molecule has 1 N–H and O–H groups in total. The van der Waals surface area contributed by atoms with E-state index in [1.807, 2.05) is 0 Å². The second-order valence-electron chi connectivity index (χ2n) is 4.05. The molecule has 0 aromatic heterocycles. The van der Waals surface area contributed by atoms with E-state index in [0.717, 1.165) is 18.9 Å². The predicted molar refractivity (Wildman–Crippen MR) is 60.4 cm³/mol. The molecular formula is C12H26O2. The van der Waals surface area contributed by atoms with Gasteiger partial charge in [-0.15, -0.1) is 0 Å². The molecule has 2 heteroatoms. The van der Waals surface area contributed by atoms with Crippen LogP contribution in [0.4, 0.5) is 0 Å². The minimum Gasteiger partial charge on any atom is -0.394 e. The molecule has 0 aromatic rings.